The van der Waals surface area contributed by atoms with Gasteiger partial charge in [0.2, 0.25) is 0 Å². The van der Waals surface area contributed by atoms with Crippen LogP contribution in [0.15, 0.2) is 22.7 Å². The second-order valence-electron chi connectivity index (χ2n) is 5.48. The first-order chi connectivity index (χ1) is 9.92. The molecule has 1 aromatic heterocycles. The zero-order valence-electron chi connectivity index (χ0n) is 12.8. The van der Waals surface area contributed by atoms with Crippen molar-refractivity contribution >= 4 is 21.7 Å². The molecule has 0 aliphatic carbocycles. The highest BCUT2D eigenvalue weighted by atomic mass is 79.9. The van der Waals surface area contributed by atoms with Gasteiger partial charge in [0.25, 0.3) is 0 Å². The molecule has 0 amide bonds. The Balaban J connectivity index is 2.49. The van der Waals surface area contributed by atoms with Gasteiger partial charge in [-0.25, -0.2) is 9.97 Å². The van der Waals surface area contributed by atoms with Crippen molar-refractivity contribution in [1.82, 2.24) is 9.97 Å². The standard InChI is InChI=1S/C16H20BrN3O/c1-9(2)7-12-14(17)15(18)20-16(19-12)11-5-6-13(21-4)10(3)8-11/h5-6,8-9H,7H2,1-4H3,(H2,18,19,20). The number of nitrogen functional groups attached to an aromatic ring is 1. The van der Waals surface area contributed by atoms with Gasteiger partial charge in [-0.2, -0.15) is 0 Å². The zero-order chi connectivity index (χ0) is 15.6. The number of benzene rings is 1. The number of halogens is 1. The Morgan fingerprint density at radius 3 is 2.57 bits per heavy atom. The van der Waals surface area contributed by atoms with Crippen molar-refractivity contribution in [2.75, 3.05) is 12.8 Å². The number of methoxy groups -OCH3 is 1. The summed E-state index contributed by atoms with van der Waals surface area (Å²) in [4.78, 5) is 9.05. The van der Waals surface area contributed by atoms with Crippen LogP contribution in [0.25, 0.3) is 11.4 Å². The van der Waals surface area contributed by atoms with E-state index >= 15 is 0 Å². The molecule has 0 bridgehead atoms. The van der Waals surface area contributed by atoms with E-state index in [0.29, 0.717) is 17.6 Å². The third-order valence-electron chi connectivity index (χ3n) is 3.20. The Morgan fingerprint density at radius 1 is 1.29 bits per heavy atom. The summed E-state index contributed by atoms with van der Waals surface area (Å²) >= 11 is 3.48. The molecular weight excluding hydrogens is 330 g/mol. The molecule has 4 nitrogen and oxygen atoms in total. The number of nitrogens with two attached hydrogens (primary N) is 1. The average Bonchev–Trinajstić information content (AvgIpc) is 2.43. The van der Waals surface area contributed by atoms with Gasteiger partial charge in [0.05, 0.1) is 17.3 Å². The first-order valence-corrected chi connectivity index (χ1v) is 7.68. The minimum atomic E-state index is 0.476. The van der Waals surface area contributed by atoms with Crippen molar-refractivity contribution in [2.45, 2.75) is 27.2 Å². The minimum absolute atomic E-state index is 0.476. The SMILES string of the molecule is COc1ccc(-c2nc(N)c(Br)c(CC(C)C)n2)cc1C. The summed E-state index contributed by atoms with van der Waals surface area (Å²) in [5.41, 5.74) is 8.94. The van der Waals surface area contributed by atoms with Gasteiger partial charge in [0, 0.05) is 5.56 Å². The van der Waals surface area contributed by atoms with Crippen molar-refractivity contribution in [3.63, 3.8) is 0 Å². The third kappa shape index (κ3) is 3.53. The molecule has 0 spiro atoms. The second-order valence-corrected chi connectivity index (χ2v) is 6.27. The molecule has 0 fully saturated rings. The maximum absolute atomic E-state index is 6.01. The van der Waals surface area contributed by atoms with E-state index in [4.69, 9.17) is 10.5 Å². The summed E-state index contributed by atoms with van der Waals surface area (Å²) in [6.07, 6.45) is 0.857. The zero-order valence-corrected chi connectivity index (χ0v) is 14.4. The molecule has 5 heteroatoms. The number of nitrogens with zero attached hydrogens (tertiary/aromatic N) is 2. The van der Waals surface area contributed by atoms with Crippen LogP contribution in [0.4, 0.5) is 5.82 Å². The monoisotopic (exact) mass is 349 g/mol. The summed E-state index contributed by atoms with van der Waals surface area (Å²) in [5.74, 6) is 2.48. The molecule has 0 atom stereocenters. The van der Waals surface area contributed by atoms with Gasteiger partial charge in [0.1, 0.15) is 11.6 Å². The third-order valence-corrected chi connectivity index (χ3v) is 4.06. The molecule has 21 heavy (non-hydrogen) atoms. The minimum Gasteiger partial charge on any atom is -0.496 e. The molecule has 1 aromatic carbocycles. The van der Waals surface area contributed by atoms with E-state index in [2.05, 4.69) is 39.7 Å². The van der Waals surface area contributed by atoms with E-state index in [1.807, 2.05) is 25.1 Å². The van der Waals surface area contributed by atoms with Crippen LogP contribution in [0.5, 0.6) is 5.75 Å². The van der Waals surface area contributed by atoms with E-state index < -0.39 is 0 Å². The number of aryl methyl sites for hydroxylation is 1. The largest absolute Gasteiger partial charge is 0.496 e. The molecule has 0 aliphatic heterocycles. The van der Waals surface area contributed by atoms with Gasteiger partial charge in [-0.05, 0) is 59.0 Å². The van der Waals surface area contributed by atoms with Gasteiger partial charge in [-0.1, -0.05) is 13.8 Å². The maximum atomic E-state index is 6.01. The fourth-order valence-corrected chi connectivity index (χ4v) is 2.52. The van der Waals surface area contributed by atoms with Gasteiger partial charge in [-0.15, -0.1) is 0 Å². The molecule has 2 aromatic rings. The lowest BCUT2D eigenvalue weighted by atomic mass is 10.1. The van der Waals surface area contributed by atoms with Crippen LogP contribution < -0.4 is 10.5 Å². The van der Waals surface area contributed by atoms with Crippen molar-refractivity contribution in [3.05, 3.63) is 33.9 Å². The number of anilines is 1. The van der Waals surface area contributed by atoms with Gasteiger partial charge in [0.15, 0.2) is 5.82 Å². The van der Waals surface area contributed by atoms with Crippen LogP contribution in [0.3, 0.4) is 0 Å². The van der Waals surface area contributed by atoms with Crippen molar-refractivity contribution in [3.8, 4) is 17.1 Å². The molecule has 112 valence electrons. The lowest BCUT2D eigenvalue weighted by Gasteiger charge is -2.12. The highest BCUT2D eigenvalue weighted by Crippen LogP contribution is 2.29. The Kier molecular flexibility index (Phi) is 4.83. The predicted molar refractivity (Wildman–Crippen MR) is 89.4 cm³/mol. The fourth-order valence-electron chi connectivity index (χ4n) is 2.18. The number of hydrogen-bond acceptors (Lipinski definition) is 4. The van der Waals surface area contributed by atoms with Crippen LogP contribution >= 0.6 is 15.9 Å². The summed E-state index contributed by atoms with van der Waals surface area (Å²) in [5, 5.41) is 0. The van der Waals surface area contributed by atoms with E-state index in [1.165, 1.54) is 0 Å². The molecule has 2 rings (SSSR count). The van der Waals surface area contributed by atoms with Crippen molar-refractivity contribution in [1.29, 1.82) is 0 Å². The molecule has 2 N–H and O–H groups in total. The Hall–Kier alpha value is -1.62. The first-order valence-electron chi connectivity index (χ1n) is 6.89. The average molecular weight is 350 g/mol. The molecular formula is C16H20BrN3O. The van der Waals surface area contributed by atoms with E-state index in [9.17, 15) is 0 Å². The van der Waals surface area contributed by atoms with E-state index in [-0.39, 0.29) is 0 Å². The molecule has 0 unspecified atom stereocenters. The van der Waals surface area contributed by atoms with Gasteiger partial charge in [-0.3, -0.25) is 0 Å². The summed E-state index contributed by atoms with van der Waals surface area (Å²) in [6.45, 7) is 6.31. The number of hydrogen-bond donors (Lipinski definition) is 1. The Labute approximate surface area is 133 Å². The topological polar surface area (TPSA) is 61.0 Å². The van der Waals surface area contributed by atoms with E-state index in [0.717, 1.165) is 33.5 Å². The lowest BCUT2D eigenvalue weighted by Crippen LogP contribution is -2.05. The fraction of sp³-hybridized carbons (Fsp3) is 0.375. The molecule has 1 heterocycles. The van der Waals surface area contributed by atoms with Gasteiger partial charge < -0.3 is 10.5 Å². The Bertz CT molecular complexity index is 656. The van der Waals surface area contributed by atoms with Crippen LogP contribution in [0, 0.1) is 12.8 Å². The number of ether oxygens (including phenoxy) is 1. The number of rotatable bonds is 4. The van der Waals surface area contributed by atoms with Gasteiger partial charge >= 0.3 is 0 Å². The van der Waals surface area contributed by atoms with Crippen molar-refractivity contribution in [2.24, 2.45) is 5.92 Å². The maximum Gasteiger partial charge on any atom is 0.161 e. The van der Waals surface area contributed by atoms with Crippen LogP contribution in [-0.4, -0.2) is 17.1 Å². The highest BCUT2D eigenvalue weighted by Gasteiger charge is 2.13. The quantitative estimate of drug-likeness (QED) is 0.905. The first kappa shape index (κ1) is 15.8. The molecule has 0 saturated heterocycles. The predicted octanol–water partition coefficient (Wildman–Crippen LogP) is 4.00. The second kappa shape index (κ2) is 6.43. The van der Waals surface area contributed by atoms with Crippen molar-refractivity contribution < 1.29 is 4.74 Å². The van der Waals surface area contributed by atoms with Crippen LogP contribution in [0.1, 0.15) is 25.1 Å². The molecule has 0 aliphatic rings. The van der Waals surface area contributed by atoms with Crippen LogP contribution in [-0.2, 0) is 6.42 Å². The smallest absolute Gasteiger partial charge is 0.161 e. The molecule has 0 saturated carbocycles. The summed E-state index contributed by atoms with van der Waals surface area (Å²) in [7, 11) is 1.66. The van der Waals surface area contributed by atoms with E-state index in [1.54, 1.807) is 7.11 Å². The highest BCUT2D eigenvalue weighted by molar-refractivity contribution is 9.10. The normalized spacial score (nSPS) is 11.0. The molecule has 0 radical (unpaired) electrons. The Morgan fingerprint density at radius 2 is 2.00 bits per heavy atom. The van der Waals surface area contributed by atoms with Crippen LogP contribution in [0.2, 0.25) is 0 Å². The lowest BCUT2D eigenvalue weighted by molar-refractivity contribution is 0.412. The number of aromatic nitrogens is 2. The summed E-state index contributed by atoms with van der Waals surface area (Å²) < 4.78 is 6.08. The summed E-state index contributed by atoms with van der Waals surface area (Å²) in [6, 6.07) is 5.89.